The van der Waals surface area contributed by atoms with Crippen LogP contribution in [0.15, 0.2) is 11.6 Å². The van der Waals surface area contributed by atoms with E-state index in [0.29, 0.717) is 0 Å². The number of hydrogen-bond acceptors (Lipinski definition) is 1. The Labute approximate surface area is 102 Å². The van der Waals surface area contributed by atoms with Crippen molar-refractivity contribution in [3.63, 3.8) is 0 Å². The van der Waals surface area contributed by atoms with Crippen LogP contribution in [0.3, 0.4) is 0 Å². The number of aliphatic hydroxyl groups excluding tert-OH is 1. The fraction of sp³-hybridized carbons (Fsp3) is 0.867. The van der Waals surface area contributed by atoms with Crippen molar-refractivity contribution in [2.45, 2.75) is 84.7 Å². The molecular weight excluding hydrogens is 196 g/mol. The zero-order valence-electron chi connectivity index (χ0n) is 11.5. The Kier molecular flexibility index (Phi) is 11.0. The standard InChI is InChI=1S/C15H30O/c1-4-6-7-8-9-10-11-13-15(12-5-2)14(3)16/h13-14,16H,4-12H2,1-3H3. The van der Waals surface area contributed by atoms with Gasteiger partial charge in [-0.15, -0.1) is 0 Å². The van der Waals surface area contributed by atoms with Gasteiger partial charge < -0.3 is 5.11 Å². The zero-order chi connectivity index (χ0) is 12.2. The van der Waals surface area contributed by atoms with Gasteiger partial charge in [-0.2, -0.15) is 0 Å². The fourth-order valence-corrected chi connectivity index (χ4v) is 1.98. The van der Waals surface area contributed by atoms with Crippen LogP contribution in [0.4, 0.5) is 0 Å². The van der Waals surface area contributed by atoms with E-state index < -0.39 is 0 Å². The molecule has 16 heavy (non-hydrogen) atoms. The highest BCUT2D eigenvalue weighted by Crippen LogP contribution is 2.13. The molecule has 0 rings (SSSR count). The molecule has 1 N–H and O–H groups in total. The second-order valence-corrected chi connectivity index (χ2v) is 4.76. The highest BCUT2D eigenvalue weighted by Gasteiger charge is 2.02. The molecule has 0 aliphatic rings. The minimum Gasteiger partial charge on any atom is -0.389 e. The largest absolute Gasteiger partial charge is 0.389 e. The molecule has 0 heterocycles. The van der Waals surface area contributed by atoms with Crippen molar-refractivity contribution in [2.75, 3.05) is 0 Å². The van der Waals surface area contributed by atoms with Gasteiger partial charge in [-0.05, 0) is 31.8 Å². The van der Waals surface area contributed by atoms with Gasteiger partial charge in [0.1, 0.15) is 0 Å². The molecule has 0 bridgehead atoms. The summed E-state index contributed by atoms with van der Waals surface area (Å²) in [6.07, 6.45) is 13.4. The number of aliphatic hydroxyl groups is 1. The number of unbranched alkanes of at least 4 members (excludes halogenated alkanes) is 6. The lowest BCUT2D eigenvalue weighted by Gasteiger charge is -2.09. The topological polar surface area (TPSA) is 20.2 Å². The zero-order valence-corrected chi connectivity index (χ0v) is 11.5. The molecular formula is C15H30O. The first kappa shape index (κ1) is 15.7. The Hall–Kier alpha value is -0.300. The van der Waals surface area contributed by atoms with Gasteiger partial charge in [-0.3, -0.25) is 0 Å². The van der Waals surface area contributed by atoms with Crippen molar-refractivity contribution in [3.05, 3.63) is 11.6 Å². The Bertz CT molecular complexity index is 170. The number of rotatable bonds is 10. The van der Waals surface area contributed by atoms with E-state index in [4.69, 9.17) is 0 Å². The van der Waals surface area contributed by atoms with E-state index in [0.717, 1.165) is 19.3 Å². The lowest BCUT2D eigenvalue weighted by atomic mass is 10.0. The van der Waals surface area contributed by atoms with Crippen molar-refractivity contribution >= 4 is 0 Å². The van der Waals surface area contributed by atoms with Gasteiger partial charge >= 0.3 is 0 Å². The van der Waals surface area contributed by atoms with E-state index >= 15 is 0 Å². The highest BCUT2D eigenvalue weighted by molar-refractivity contribution is 5.06. The van der Waals surface area contributed by atoms with Gasteiger partial charge in [0.25, 0.3) is 0 Å². The average molecular weight is 226 g/mol. The lowest BCUT2D eigenvalue weighted by Crippen LogP contribution is -2.04. The molecule has 0 aromatic rings. The Morgan fingerprint density at radius 3 is 2.19 bits per heavy atom. The minimum atomic E-state index is -0.250. The second kappa shape index (κ2) is 11.2. The molecule has 1 atom stereocenters. The third-order valence-electron chi connectivity index (χ3n) is 3.04. The second-order valence-electron chi connectivity index (χ2n) is 4.76. The van der Waals surface area contributed by atoms with E-state index in [9.17, 15) is 5.11 Å². The molecule has 1 nitrogen and oxygen atoms in total. The first-order valence-corrected chi connectivity index (χ1v) is 7.09. The molecule has 0 saturated carbocycles. The molecule has 0 saturated heterocycles. The first-order valence-electron chi connectivity index (χ1n) is 7.09. The van der Waals surface area contributed by atoms with Crippen LogP contribution in [0.1, 0.15) is 78.6 Å². The first-order chi connectivity index (χ1) is 7.72. The predicted molar refractivity (Wildman–Crippen MR) is 72.7 cm³/mol. The van der Waals surface area contributed by atoms with Crippen LogP contribution in [0.2, 0.25) is 0 Å². The molecule has 1 unspecified atom stereocenters. The summed E-state index contributed by atoms with van der Waals surface area (Å²) >= 11 is 0. The maximum Gasteiger partial charge on any atom is 0.0721 e. The van der Waals surface area contributed by atoms with Gasteiger partial charge in [0.05, 0.1) is 6.10 Å². The van der Waals surface area contributed by atoms with E-state index in [1.165, 1.54) is 44.1 Å². The third-order valence-corrected chi connectivity index (χ3v) is 3.04. The normalized spacial score (nSPS) is 14.1. The van der Waals surface area contributed by atoms with E-state index in [2.05, 4.69) is 19.9 Å². The molecule has 1 heteroatoms. The summed E-state index contributed by atoms with van der Waals surface area (Å²) in [7, 11) is 0. The van der Waals surface area contributed by atoms with Gasteiger partial charge in [-0.1, -0.05) is 58.4 Å². The van der Waals surface area contributed by atoms with Crippen molar-refractivity contribution in [1.29, 1.82) is 0 Å². The monoisotopic (exact) mass is 226 g/mol. The fourth-order valence-electron chi connectivity index (χ4n) is 1.98. The smallest absolute Gasteiger partial charge is 0.0721 e. The maximum atomic E-state index is 9.55. The third kappa shape index (κ3) is 8.96. The SMILES string of the molecule is CCCCCCCCC=C(CCC)C(C)O. The summed E-state index contributed by atoms with van der Waals surface area (Å²) in [4.78, 5) is 0. The Morgan fingerprint density at radius 1 is 1.00 bits per heavy atom. The maximum absolute atomic E-state index is 9.55. The molecule has 96 valence electrons. The summed E-state index contributed by atoms with van der Waals surface area (Å²) in [5.74, 6) is 0. The van der Waals surface area contributed by atoms with Crippen molar-refractivity contribution in [1.82, 2.24) is 0 Å². The Morgan fingerprint density at radius 2 is 1.62 bits per heavy atom. The van der Waals surface area contributed by atoms with E-state index in [1.54, 1.807) is 0 Å². The summed E-state index contributed by atoms with van der Waals surface area (Å²) < 4.78 is 0. The van der Waals surface area contributed by atoms with Gasteiger partial charge in [-0.25, -0.2) is 0 Å². The lowest BCUT2D eigenvalue weighted by molar-refractivity contribution is 0.226. The van der Waals surface area contributed by atoms with Crippen LogP contribution >= 0.6 is 0 Å². The van der Waals surface area contributed by atoms with Crippen LogP contribution in [0.5, 0.6) is 0 Å². The molecule has 0 aromatic heterocycles. The molecule has 0 aromatic carbocycles. The minimum absolute atomic E-state index is 0.250. The van der Waals surface area contributed by atoms with Crippen LogP contribution in [-0.2, 0) is 0 Å². The molecule has 0 fully saturated rings. The molecule has 0 aliphatic heterocycles. The number of hydrogen-bond donors (Lipinski definition) is 1. The van der Waals surface area contributed by atoms with Crippen molar-refractivity contribution < 1.29 is 5.11 Å². The quantitative estimate of drug-likeness (QED) is 0.417. The highest BCUT2D eigenvalue weighted by atomic mass is 16.3. The van der Waals surface area contributed by atoms with Gasteiger partial charge in [0, 0.05) is 0 Å². The molecule has 0 amide bonds. The molecule has 0 aliphatic carbocycles. The summed E-state index contributed by atoms with van der Waals surface area (Å²) in [5, 5.41) is 9.55. The van der Waals surface area contributed by atoms with Crippen molar-refractivity contribution in [2.24, 2.45) is 0 Å². The molecule has 0 radical (unpaired) electrons. The average Bonchev–Trinajstić information content (AvgIpc) is 2.26. The number of allylic oxidation sites excluding steroid dienone is 1. The molecule has 0 spiro atoms. The van der Waals surface area contributed by atoms with Crippen molar-refractivity contribution in [3.8, 4) is 0 Å². The van der Waals surface area contributed by atoms with Gasteiger partial charge in [0.2, 0.25) is 0 Å². The van der Waals surface area contributed by atoms with Crippen LogP contribution in [-0.4, -0.2) is 11.2 Å². The predicted octanol–water partition coefficient (Wildman–Crippen LogP) is 4.84. The van der Waals surface area contributed by atoms with E-state index in [-0.39, 0.29) is 6.10 Å². The van der Waals surface area contributed by atoms with Crippen LogP contribution in [0, 0.1) is 0 Å². The summed E-state index contributed by atoms with van der Waals surface area (Å²) in [6.45, 7) is 6.30. The Balaban J connectivity index is 3.54. The summed E-state index contributed by atoms with van der Waals surface area (Å²) in [6, 6.07) is 0. The van der Waals surface area contributed by atoms with E-state index in [1.807, 2.05) is 6.92 Å². The van der Waals surface area contributed by atoms with Crippen LogP contribution < -0.4 is 0 Å². The van der Waals surface area contributed by atoms with Gasteiger partial charge in [0.15, 0.2) is 0 Å². The van der Waals surface area contributed by atoms with Crippen LogP contribution in [0.25, 0.3) is 0 Å². The summed E-state index contributed by atoms with van der Waals surface area (Å²) in [5.41, 5.74) is 1.23.